The van der Waals surface area contributed by atoms with Gasteiger partial charge in [0, 0.05) is 36.9 Å². The van der Waals surface area contributed by atoms with Gasteiger partial charge in [-0.15, -0.1) is 0 Å². The Balaban J connectivity index is 1.24. The second-order valence-corrected chi connectivity index (χ2v) is 11.6. The van der Waals surface area contributed by atoms with E-state index in [0.717, 1.165) is 22.6 Å². The maximum atomic E-state index is 5.03. The molecule has 2 nitrogen and oxygen atoms in total. The Morgan fingerprint density at radius 1 is 0.421 bits per heavy atom. The van der Waals surface area contributed by atoms with Crippen molar-refractivity contribution in [3.8, 4) is 22.6 Å². The lowest BCUT2D eigenvalue weighted by Crippen LogP contribution is -1.94. The summed E-state index contributed by atoms with van der Waals surface area (Å²) in [6, 6.07) is 41.2. The van der Waals surface area contributed by atoms with Crippen LogP contribution in [0.1, 0.15) is 0 Å². The zero-order chi connectivity index (χ0) is 25.1. The van der Waals surface area contributed by atoms with Crippen LogP contribution < -0.4 is 0 Å². The first kappa shape index (κ1) is 21.9. The van der Waals surface area contributed by atoms with Gasteiger partial charge in [0.05, 0.1) is 5.69 Å². The molecule has 1 aromatic heterocycles. The van der Waals surface area contributed by atoms with Gasteiger partial charge in [-0.25, -0.2) is 9.97 Å². The van der Waals surface area contributed by atoms with Gasteiger partial charge in [0.15, 0.2) is 5.82 Å². The smallest absolute Gasteiger partial charge is 0.159 e. The van der Waals surface area contributed by atoms with E-state index in [1.54, 1.807) is 0 Å². The molecule has 0 saturated carbocycles. The van der Waals surface area contributed by atoms with E-state index < -0.39 is 0 Å². The van der Waals surface area contributed by atoms with Crippen LogP contribution in [0.2, 0.25) is 0 Å². The van der Waals surface area contributed by atoms with Crippen LogP contribution in [0.5, 0.6) is 0 Å². The van der Waals surface area contributed by atoms with Crippen molar-refractivity contribution in [3.05, 3.63) is 121 Å². The molecule has 0 spiro atoms. The van der Waals surface area contributed by atoms with Crippen molar-refractivity contribution < 1.29 is 0 Å². The molecule has 0 radical (unpaired) electrons. The van der Waals surface area contributed by atoms with Gasteiger partial charge >= 0.3 is 0 Å². The molecule has 8 rings (SSSR count). The van der Waals surface area contributed by atoms with E-state index in [2.05, 4.69) is 114 Å². The minimum absolute atomic E-state index is 0.742. The number of aromatic nitrogens is 2. The summed E-state index contributed by atoms with van der Waals surface area (Å²) in [5.74, 6) is 0.742. The largest absolute Gasteiger partial charge is 0.237 e. The minimum atomic E-state index is 0.742. The highest BCUT2D eigenvalue weighted by Gasteiger charge is 2.18. The summed E-state index contributed by atoms with van der Waals surface area (Å²) in [5, 5.41) is 7.56. The fraction of sp³-hybridized carbons (Fsp3) is 0. The van der Waals surface area contributed by atoms with E-state index in [-0.39, 0.29) is 0 Å². The van der Waals surface area contributed by atoms with E-state index in [9.17, 15) is 0 Å². The lowest BCUT2D eigenvalue weighted by Gasteiger charge is -2.18. The molecule has 0 unspecified atom stereocenters. The molecule has 2 heterocycles. The highest BCUT2D eigenvalue weighted by atomic mass is 32.2. The topological polar surface area (TPSA) is 25.8 Å². The van der Waals surface area contributed by atoms with E-state index in [1.807, 2.05) is 35.8 Å². The van der Waals surface area contributed by atoms with Crippen LogP contribution in [0.25, 0.3) is 55.0 Å². The lowest BCUT2D eigenvalue weighted by molar-refractivity contribution is 1.14. The molecule has 0 fully saturated rings. The van der Waals surface area contributed by atoms with Crippen LogP contribution in [-0.2, 0) is 0 Å². The SMILES string of the molecule is c1ccc2c(c1)Sc1ccc(-c3ccnc(-c4ccc5c6ccccc6c6ccccc6c5c4)n3)cc1S2. The maximum Gasteiger partial charge on any atom is 0.159 e. The molecule has 0 N–H and O–H groups in total. The first-order valence-corrected chi connectivity index (χ1v) is 14.2. The summed E-state index contributed by atoms with van der Waals surface area (Å²) < 4.78 is 0. The van der Waals surface area contributed by atoms with Gasteiger partial charge in [-0.3, -0.25) is 0 Å². The molecule has 178 valence electrons. The van der Waals surface area contributed by atoms with Crippen LogP contribution >= 0.6 is 23.5 Å². The molecule has 4 heteroatoms. The molecule has 1 aliphatic rings. The molecule has 38 heavy (non-hydrogen) atoms. The van der Waals surface area contributed by atoms with Gasteiger partial charge in [-0.1, -0.05) is 102 Å². The maximum absolute atomic E-state index is 5.03. The molecular weight excluding hydrogens is 501 g/mol. The summed E-state index contributed by atoms with van der Waals surface area (Å²) in [6.45, 7) is 0. The van der Waals surface area contributed by atoms with Crippen LogP contribution in [0.3, 0.4) is 0 Å². The third-order valence-corrected chi connectivity index (χ3v) is 9.73. The second-order valence-electron chi connectivity index (χ2n) is 9.43. The molecule has 0 amide bonds. The third kappa shape index (κ3) is 3.52. The average Bonchev–Trinajstić information content (AvgIpc) is 2.99. The van der Waals surface area contributed by atoms with Crippen molar-refractivity contribution in [2.75, 3.05) is 0 Å². The molecule has 6 aromatic carbocycles. The monoisotopic (exact) mass is 520 g/mol. The number of benzene rings is 6. The Bertz CT molecular complexity index is 2010. The first-order valence-electron chi connectivity index (χ1n) is 12.6. The minimum Gasteiger partial charge on any atom is -0.237 e. The van der Waals surface area contributed by atoms with Crippen molar-refractivity contribution in [2.24, 2.45) is 0 Å². The Labute approximate surface area is 228 Å². The number of hydrogen-bond donors (Lipinski definition) is 0. The average molecular weight is 521 g/mol. The Hall–Kier alpha value is -4.12. The van der Waals surface area contributed by atoms with E-state index in [0.29, 0.717) is 0 Å². The van der Waals surface area contributed by atoms with Crippen LogP contribution in [0.4, 0.5) is 0 Å². The standard InChI is InChI=1S/C34H20N2S2/c1-2-9-25-23(7-1)24-8-3-4-10-26(24)28-19-22(13-15-27(25)28)34-35-18-17-29(36-34)21-14-16-32-33(20-21)38-31-12-6-5-11-30(31)37-32/h1-20H. The lowest BCUT2D eigenvalue weighted by atomic mass is 9.93. The summed E-state index contributed by atoms with van der Waals surface area (Å²) >= 11 is 3.67. The Morgan fingerprint density at radius 3 is 1.68 bits per heavy atom. The molecule has 0 bridgehead atoms. The number of rotatable bonds is 2. The molecule has 0 aliphatic carbocycles. The first-order chi connectivity index (χ1) is 18.8. The van der Waals surface area contributed by atoms with Crippen molar-refractivity contribution >= 4 is 55.8 Å². The summed E-state index contributed by atoms with van der Waals surface area (Å²) in [5.41, 5.74) is 3.07. The van der Waals surface area contributed by atoms with Gasteiger partial charge in [0.2, 0.25) is 0 Å². The highest BCUT2D eigenvalue weighted by Crippen LogP contribution is 2.49. The normalized spacial score (nSPS) is 12.5. The number of nitrogens with zero attached hydrogens (tertiary/aromatic N) is 2. The van der Waals surface area contributed by atoms with Crippen molar-refractivity contribution in [3.63, 3.8) is 0 Å². The van der Waals surface area contributed by atoms with Gasteiger partial charge in [0.1, 0.15) is 0 Å². The van der Waals surface area contributed by atoms with Gasteiger partial charge in [0.25, 0.3) is 0 Å². The van der Waals surface area contributed by atoms with Crippen LogP contribution in [0, 0.1) is 0 Å². The quantitative estimate of drug-likeness (QED) is 0.212. The van der Waals surface area contributed by atoms with E-state index >= 15 is 0 Å². The van der Waals surface area contributed by atoms with Crippen LogP contribution in [0.15, 0.2) is 141 Å². The summed E-state index contributed by atoms with van der Waals surface area (Å²) in [6.07, 6.45) is 1.87. The molecule has 0 saturated heterocycles. The third-order valence-electron chi connectivity index (χ3n) is 7.19. The van der Waals surface area contributed by atoms with Gasteiger partial charge < -0.3 is 0 Å². The van der Waals surface area contributed by atoms with Crippen molar-refractivity contribution in [1.29, 1.82) is 0 Å². The Kier molecular flexibility index (Phi) is 5.03. The van der Waals surface area contributed by atoms with Crippen molar-refractivity contribution in [1.82, 2.24) is 9.97 Å². The predicted molar refractivity (Wildman–Crippen MR) is 160 cm³/mol. The highest BCUT2D eigenvalue weighted by molar-refractivity contribution is 8.05. The molecule has 1 aliphatic heterocycles. The number of hydrogen-bond acceptors (Lipinski definition) is 4. The zero-order valence-electron chi connectivity index (χ0n) is 20.3. The molecule has 7 aromatic rings. The fourth-order valence-corrected chi connectivity index (χ4v) is 7.65. The Morgan fingerprint density at radius 2 is 0.974 bits per heavy atom. The second kappa shape index (κ2) is 8.73. The van der Waals surface area contributed by atoms with Gasteiger partial charge in [-0.05, 0) is 68.7 Å². The fourth-order valence-electron chi connectivity index (χ4n) is 5.39. The van der Waals surface area contributed by atoms with E-state index in [4.69, 9.17) is 4.98 Å². The predicted octanol–water partition coefficient (Wildman–Crippen LogP) is 9.89. The van der Waals surface area contributed by atoms with Crippen molar-refractivity contribution in [2.45, 2.75) is 19.6 Å². The van der Waals surface area contributed by atoms with Gasteiger partial charge in [-0.2, -0.15) is 0 Å². The molecular formula is C34H20N2S2. The zero-order valence-corrected chi connectivity index (χ0v) is 21.9. The molecule has 0 atom stereocenters. The van der Waals surface area contributed by atoms with E-state index in [1.165, 1.54) is 51.9 Å². The van der Waals surface area contributed by atoms with Crippen LogP contribution in [-0.4, -0.2) is 9.97 Å². The summed E-state index contributed by atoms with van der Waals surface area (Å²) in [7, 11) is 0. The number of fused-ring (bicyclic) bond motifs is 8. The summed E-state index contributed by atoms with van der Waals surface area (Å²) in [4.78, 5) is 14.9.